The van der Waals surface area contributed by atoms with Crippen LogP contribution in [0.1, 0.15) is 32.8 Å². The van der Waals surface area contributed by atoms with E-state index in [1.165, 1.54) is 6.07 Å². The number of halogens is 1. The zero-order chi connectivity index (χ0) is 15.2. The van der Waals surface area contributed by atoms with Crippen LogP contribution in [0.3, 0.4) is 0 Å². The molecule has 0 aromatic heterocycles. The number of hydrogen-bond acceptors (Lipinski definition) is 3. The van der Waals surface area contributed by atoms with E-state index in [-0.39, 0.29) is 11.6 Å². The van der Waals surface area contributed by atoms with Crippen molar-refractivity contribution in [1.82, 2.24) is 5.32 Å². The molecule has 0 aliphatic carbocycles. The van der Waals surface area contributed by atoms with Gasteiger partial charge < -0.3 is 15.2 Å². The van der Waals surface area contributed by atoms with Crippen molar-refractivity contribution in [3.05, 3.63) is 29.6 Å². The molecule has 5 heteroatoms. The van der Waals surface area contributed by atoms with Gasteiger partial charge in [-0.25, -0.2) is 4.39 Å². The van der Waals surface area contributed by atoms with E-state index in [4.69, 9.17) is 9.84 Å². The van der Waals surface area contributed by atoms with E-state index in [2.05, 4.69) is 5.32 Å². The molecule has 0 unspecified atom stereocenters. The van der Waals surface area contributed by atoms with Crippen molar-refractivity contribution in [2.45, 2.75) is 33.7 Å². The van der Waals surface area contributed by atoms with Gasteiger partial charge in [-0.3, -0.25) is 4.79 Å². The fourth-order valence-corrected chi connectivity index (χ4v) is 1.67. The van der Waals surface area contributed by atoms with Crippen molar-refractivity contribution >= 4 is 5.97 Å². The fraction of sp³-hybridized carbons (Fsp3) is 0.533. The standard InChI is InChI=1S/C15H22FNO3/c1-4-20-13-6-5-11(9-12(13)16)10-17-8-7-15(2,3)14(18)19/h5-6,9,17H,4,7-8,10H2,1-3H3,(H,18,19). The summed E-state index contributed by atoms with van der Waals surface area (Å²) in [7, 11) is 0. The third kappa shape index (κ3) is 4.81. The monoisotopic (exact) mass is 283 g/mol. The van der Waals surface area contributed by atoms with Crippen molar-refractivity contribution in [3.63, 3.8) is 0 Å². The largest absolute Gasteiger partial charge is 0.491 e. The molecule has 1 aromatic rings. The molecule has 1 rings (SSSR count). The summed E-state index contributed by atoms with van der Waals surface area (Å²) in [6.45, 7) is 6.67. The Hall–Kier alpha value is -1.62. The van der Waals surface area contributed by atoms with Gasteiger partial charge in [-0.15, -0.1) is 0 Å². The average Bonchev–Trinajstić information content (AvgIpc) is 2.38. The highest BCUT2D eigenvalue weighted by atomic mass is 19.1. The van der Waals surface area contributed by atoms with E-state index in [0.717, 1.165) is 5.56 Å². The van der Waals surface area contributed by atoms with E-state index in [1.807, 2.05) is 0 Å². The summed E-state index contributed by atoms with van der Waals surface area (Å²) >= 11 is 0. The second kappa shape index (κ2) is 7.24. The number of rotatable bonds is 8. The Morgan fingerprint density at radius 3 is 2.70 bits per heavy atom. The maximum absolute atomic E-state index is 13.6. The Bertz CT molecular complexity index is 460. The second-order valence-corrected chi connectivity index (χ2v) is 5.31. The van der Waals surface area contributed by atoms with Gasteiger partial charge in [0.2, 0.25) is 0 Å². The highest BCUT2D eigenvalue weighted by Gasteiger charge is 2.26. The maximum atomic E-state index is 13.6. The Labute approximate surface area is 119 Å². The van der Waals surface area contributed by atoms with Crippen LogP contribution in [0.15, 0.2) is 18.2 Å². The van der Waals surface area contributed by atoms with Crippen LogP contribution in [0.2, 0.25) is 0 Å². The molecule has 0 aliphatic heterocycles. The minimum atomic E-state index is -0.814. The smallest absolute Gasteiger partial charge is 0.309 e. The van der Waals surface area contributed by atoms with Crippen molar-refractivity contribution in [3.8, 4) is 5.75 Å². The number of hydrogen-bond donors (Lipinski definition) is 2. The van der Waals surface area contributed by atoms with Crippen LogP contribution in [-0.4, -0.2) is 24.2 Å². The highest BCUT2D eigenvalue weighted by molar-refractivity contribution is 5.73. The van der Waals surface area contributed by atoms with Crippen LogP contribution in [0, 0.1) is 11.2 Å². The third-order valence-corrected chi connectivity index (χ3v) is 3.13. The highest BCUT2D eigenvalue weighted by Crippen LogP contribution is 2.20. The Morgan fingerprint density at radius 2 is 2.15 bits per heavy atom. The van der Waals surface area contributed by atoms with Crippen LogP contribution in [0.25, 0.3) is 0 Å². The summed E-state index contributed by atoms with van der Waals surface area (Å²) in [5, 5.41) is 12.1. The predicted octanol–water partition coefficient (Wildman–Crippen LogP) is 2.81. The molecular formula is C15H22FNO3. The van der Waals surface area contributed by atoms with Gasteiger partial charge in [0.05, 0.1) is 12.0 Å². The number of carboxylic acids is 1. The number of carbonyl (C=O) groups is 1. The Kier molecular flexibility index (Phi) is 5.95. The molecule has 112 valence electrons. The summed E-state index contributed by atoms with van der Waals surface area (Å²) in [4.78, 5) is 10.9. The zero-order valence-electron chi connectivity index (χ0n) is 12.2. The molecule has 20 heavy (non-hydrogen) atoms. The first-order valence-electron chi connectivity index (χ1n) is 6.72. The Morgan fingerprint density at radius 1 is 1.45 bits per heavy atom. The minimum Gasteiger partial charge on any atom is -0.491 e. The summed E-state index contributed by atoms with van der Waals surface area (Å²) in [5.41, 5.74) is 0.0518. The summed E-state index contributed by atoms with van der Waals surface area (Å²) < 4.78 is 18.7. The molecular weight excluding hydrogens is 261 g/mol. The molecule has 2 N–H and O–H groups in total. The lowest BCUT2D eigenvalue weighted by molar-refractivity contribution is -0.147. The molecule has 0 fully saturated rings. The van der Waals surface area contributed by atoms with E-state index < -0.39 is 11.4 Å². The fourth-order valence-electron chi connectivity index (χ4n) is 1.67. The molecule has 4 nitrogen and oxygen atoms in total. The number of carboxylic acid groups (broad SMARTS) is 1. The van der Waals surface area contributed by atoms with Gasteiger partial charge in [0.15, 0.2) is 11.6 Å². The number of nitrogens with one attached hydrogen (secondary N) is 1. The molecule has 1 aromatic carbocycles. The predicted molar refractivity (Wildman–Crippen MR) is 75.3 cm³/mol. The molecule has 0 spiro atoms. The number of ether oxygens (including phenoxy) is 1. The quantitative estimate of drug-likeness (QED) is 0.720. The lowest BCUT2D eigenvalue weighted by Gasteiger charge is -2.19. The lowest BCUT2D eigenvalue weighted by atomic mass is 9.90. The molecule has 0 radical (unpaired) electrons. The molecule has 0 amide bonds. The first-order chi connectivity index (χ1) is 9.36. The van der Waals surface area contributed by atoms with Crippen LogP contribution in [0.4, 0.5) is 4.39 Å². The van der Waals surface area contributed by atoms with Crippen LogP contribution in [0.5, 0.6) is 5.75 Å². The van der Waals surface area contributed by atoms with Gasteiger partial charge >= 0.3 is 5.97 Å². The van der Waals surface area contributed by atoms with Crippen molar-refractivity contribution < 1.29 is 19.0 Å². The van der Waals surface area contributed by atoms with Gasteiger partial charge in [-0.2, -0.15) is 0 Å². The minimum absolute atomic E-state index is 0.253. The third-order valence-electron chi connectivity index (χ3n) is 3.13. The van der Waals surface area contributed by atoms with Gasteiger partial charge in [0.25, 0.3) is 0 Å². The summed E-state index contributed by atoms with van der Waals surface area (Å²) in [5.74, 6) is -0.938. The first-order valence-corrected chi connectivity index (χ1v) is 6.72. The molecule has 0 atom stereocenters. The van der Waals surface area contributed by atoms with Crippen LogP contribution in [-0.2, 0) is 11.3 Å². The number of benzene rings is 1. The van der Waals surface area contributed by atoms with Crippen molar-refractivity contribution in [2.75, 3.05) is 13.2 Å². The Balaban J connectivity index is 2.43. The summed E-state index contributed by atoms with van der Waals surface area (Å²) in [6, 6.07) is 4.83. The maximum Gasteiger partial charge on any atom is 0.309 e. The molecule has 0 heterocycles. The second-order valence-electron chi connectivity index (χ2n) is 5.31. The van der Waals surface area contributed by atoms with E-state index >= 15 is 0 Å². The molecule has 0 saturated heterocycles. The van der Waals surface area contributed by atoms with E-state index in [1.54, 1.807) is 32.9 Å². The van der Waals surface area contributed by atoms with Gasteiger partial charge in [-0.1, -0.05) is 6.07 Å². The van der Waals surface area contributed by atoms with Gasteiger partial charge in [0, 0.05) is 6.54 Å². The zero-order valence-corrected chi connectivity index (χ0v) is 12.2. The normalized spacial score (nSPS) is 11.4. The van der Waals surface area contributed by atoms with Crippen molar-refractivity contribution in [2.24, 2.45) is 5.41 Å². The van der Waals surface area contributed by atoms with Gasteiger partial charge in [0.1, 0.15) is 0 Å². The lowest BCUT2D eigenvalue weighted by Crippen LogP contribution is -2.28. The summed E-state index contributed by atoms with van der Waals surface area (Å²) in [6.07, 6.45) is 0.516. The van der Waals surface area contributed by atoms with Crippen LogP contribution < -0.4 is 10.1 Å². The SMILES string of the molecule is CCOc1ccc(CNCCC(C)(C)C(=O)O)cc1F. The van der Waals surface area contributed by atoms with Crippen LogP contribution >= 0.6 is 0 Å². The van der Waals surface area contributed by atoms with E-state index in [0.29, 0.717) is 26.1 Å². The van der Waals surface area contributed by atoms with Gasteiger partial charge in [-0.05, 0) is 51.4 Å². The molecule has 0 bridgehead atoms. The molecule has 0 saturated carbocycles. The molecule has 0 aliphatic rings. The average molecular weight is 283 g/mol. The topological polar surface area (TPSA) is 58.6 Å². The number of aliphatic carboxylic acids is 1. The first kappa shape index (κ1) is 16.4. The van der Waals surface area contributed by atoms with E-state index in [9.17, 15) is 9.18 Å². The van der Waals surface area contributed by atoms with Crippen molar-refractivity contribution in [1.29, 1.82) is 0 Å².